The van der Waals surface area contributed by atoms with Crippen molar-refractivity contribution in [3.8, 4) is 0 Å². The number of hydrogen-bond acceptors (Lipinski definition) is 0. The minimum atomic E-state index is -0.358. The summed E-state index contributed by atoms with van der Waals surface area (Å²) >= 11 is 0. The van der Waals surface area contributed by atoms with Crippen molar-refractivity contribution in [2.24, 2.45) is 5.92 Å². The van der Waals surface area contributed by atoms with Crippen molar-refractivity contribution >= 4 is 0 Å². The summed E-state index contributed by atoms with van der Waals surface area (Å²) in [5.41, 5.74) is 0.600. The second kappa shape index (κ2) is 3.33. The van der Waals surface area contributed by atoms with E-state index >= 15 is 0 Å². The first-order valence-electron chi connectivity index (χ1n) is 3.59. The molecule has 0 aromatic carbocycles. The molecule has 0 heterocycles. The Morgan fingerprint density at radius 3 is 2.82 bits per heavy atom. The number of rotatable bonds is 2. The standard InChI is InChI=1S/C10H11F/c1-3-9-4-6-10(7-5-9)8(2)11/h3-4,6-7,9H,1-2,5H2. The number of hydrogen-bond donors (Lipinski definition) is 0. The molecule has 1 rings (SSSR count). The van der Waals surface area contributed by atoms with Gasteiger partial charge in [0.05, 0.1) is 0 Å². The Bertz CT molecular complexity index is 233. The van der Waals surface area contributed by atoms with Gasteiger partial charge in [-0.1, -0.05) is 30.9 Å². The Labute approximate surface area is 66.4 Å². The highest BCUT2D eigenvalue weighted by Crippen LogP contribution is 2.21. The van der Waals surface area contributed by atoms with Crippen molar-refractivity contribution in [2.45, 2.75) is 6.42 Å². The summed E-state index contributed by atoms with van der Waals surface area (Å²) in [7, 11) is 0. The Hall–Kier alpha value is -1.11. The summed E-state index contributed by atoms with van der Waals surface area (Å²) in [4.78, 5) is 0. The SMILES string of the molecule is C=CC1C=CC(C(=C)F)=CC1. The molecule has 1 aliphatic carbocycles. The Balaban J connectivity index is 2.66. The van der Waals surface area contributed by atoms with Crippen LogP contribution < -0.4 is 0 Å². The predicted molar refractivity (Wildman–Crippen MR) is 45.8 cm³/mol. The molecule has 0 aliphatic heterocycles. The summed E-state index contributed by atoms with van der Waals surface area (Å²) in [6, 6.07) is 0. The fraction of sp³-hybridized carbons (Fsp3) is 0.200. The van der Waals surface area contributed by atoms with Crippen LogP contribution in [0.5, 0.6) is 0 Å². The van der Waals surface area contributed by atoms with E-state index in [4.69, 9.17) is 0 Å². The summed E-state index contributed by atoms with van der Waals surface area (Å²) in [6.07, 6.45) is 8.21. The summed E-state index contributed by atoms with van der Waals surface area (Å²) in [5.74, 6) is 0.00172. The van der Waals surface area contributed by atoms with E-state index in [1.807, 2.05) is 18.2 Å². The van der Waals surface area contributed by atoms with Gasteiger partial charge in [-0.05, 0) is 12.3 Å². The van der Waals surface area contributed by atoms with Gasteiger partial charge in [0, 0.05) is 5.57 Å². The summed E-state index contributed by atoms with van der Waals surface area (Å²) in [5, 5.41) is 0. The van der Waals surface area contributed by atoms with Crippen molar-refractivity contribution in [3.05, 3.63) is 48.9 Å². The molecule has 1 heteroatoms. The third-order valence-corrected chi connectivity index (χ3v) is 1.75. The van der Waals surface area contributed by atoms with Gasteiger partial charge in [0.15, 0.2) is 0 Å². The predicted octanol–water partition coefficient (Wildman–Crippen LogP) is 3.16. The molecule has 0 N–H and O–H groups in total. The second-order valence-electron chi connectivity index (χ2n) is 2.56. The molecule has 0 spiro atoms. The zero-order chi connectivity index (χ0) is 8.27. The molecule has 1 aliphatic rings. The first-order chi connectivity index (χ1) is 5.24. The number of halogens is 1. The fourth-order valence-electron chi connectivity index (χ4n) is 1.01. The van der Waals surface area contributed by atoms with Crippen molar-refractivity contribution in [2.75, 3.05) is 0 Å². The molecule has 0 saturated heterocycles. The van der Waals surface area contributed by atoms with E-state index in [2.05, 4.69) is 13.2 Å². The quantitative estimate of drug-likeness (QED) is 0.530. The molecule has 58 valence electrons. The van der Waals surface area contributed by atoms with Crippen molar-refractivity contribution in [3.63, 3.8) is 0 Å². The molecule has 1 atom stereocenters. The van der Waals surface area contributed by atoms with E-state index in [9.17, 15) is 4.39 Å². The third kappa shape index (κ3) is 1.90. The van der Waals surface area contributed by atoms with Crippen LogP contribution in [-0.4, -0.2) is 0 Å². The maximum atomic E-state index is 12.5. The zero-order valence-electron chi connectivity index (χ0n) is 6.39. The number of allylic oxidation sites excluding steroid dienone is 6. The Kier molecular flexibility index (Phi) is 2.42. The van der Waals surface area contributed by atoms with Crippen molar-refractivity contribution in [1.29, 1.82) is 0 Å². The van der Waals surface area contributed by atoms with Crippen LogP contribution in [0.1, 0.15) is 6.42 Å². The van der Waals surface area contributed by atoms with Gasteiger partial charge in [0.1, 0.15) is 5.83 Å². The van der Waals surface area contributed by atoms with Gasteiger partial charge in [-0.2, -0.15) is 0 Å². The topological polar surface area (TPSA) is 0 Å². The zero-order valence-corrected chi connectivity index (χ0v) is 6.39. The second-order valence-corrected chi connectivity index (χ2v) is 2.56. The van der Waals surface area contributed by atoms with E-state index in [1.54, 1.807) is 6.08 Å². The smallest absolute Gasteiger partial charge is 0.122 e. The van der Waals surface area contributed by atoms with E-state index < -0.39 is 0 Å². The highest BCUT2D eigenvalue weighted by molar-refractivity contribution is 5.37. The van der Waals surface area contributed by atoms with Gasteiger partial charge in [-0.15, -0.1) is 6.58 Å². The van der Waals surface area contributed by atoms with Crippen molar-refractivity contribution < 1.29 is 4.39 Å². The van der Waals surface area contributed by atoms with Gasteiger partial charge < -0.3 is 0 Å². The maximum absolute atomic E-state index is 12.5. The van der Waals surface area contributed by atoms with E-state index in [0.29, 0.717) is 11.5 Å². The molecule has 1 unspecified atom stereocenters. The minimum Gasteiger partial charge on any atom is -0.207 e. The van der Waals surface area contributed by atoms with Crippen LogP contribution in [-0.2, 0) is 0 Å². The van der Waals surface area contributed by atoms with Crippen LogP contribution in [0.3, 0.4) is 0 Å². The van der Waals surface area contributed by atoms with Crippen LogP contribution in [0.15, 0.2) is 48.9 Å². The van der Waals surface area contributed by atoms with Crippen LogP contribution >= 0.6 is 0 Å². The van der Waals surface area contributed by atoms with Crippen LogP contribution in [0, 0.1) is 5.92 Å². The van der Waals surface area contributed by atoms with Crippen LogP contribution in [0.25, 0.3) is 0 Å². The lowest BCUT2D eigenvalue weighted by Gasteiger charge is -2.10. The van der Waals surface area contributed by atoms with E-state index in [0.717, 1.165) is 6.42 Å². The van der Waals surface area contributed by atoms with Gasteiger partial charge in [-0.3, -0.25) is 0 Å². The lowest BCUT2D eigenvalue weighted by atomic mass is 9.97. The maximum Gasteiger partial charge on any atom is 0.122 e. The molecule has 0 bridgehead atoms. The van der Waals surface area contributed by atoms with Gasteiger partial charge in [0.25, 0.3) is 0 Å². The first kappa shape index (κ1) is 7.99. The fourth-order valence-corrected chi connectivity index (χ4v) is 1.01. The van der Waals surface area contributed by atoms with Gasteiger partial charge >= 0.3 is 0 Å². The third-order valence-electron chi connectivity index (χ3n) is 1.75. The van der Waals surface area contributed by atoms with Crippen LogP contribution in [0.4, 0.5) is 4.39 Å². The molecule has 11 heavy (non-hydrogen) atoms. The van der Waals surface area contributed by atoms with Crippen LogP contribution in [0.2, 0.25) is 0 Å². The Morgan fingerprint density at radius 1 is 1.73 bits per heavy atom. The normalized spacial score (nSPS) is 22.6. The first-order valence-corrected chi connectivity index (χ1v) is 3.59. The molecule has 0 saturated carbocycles. The van der Waals surface area contributed by atoms with E-state index in [1.165, 1.54) is 0 Å². The monoisotopic (exact) mass is 150 g/mol. The molecule has 0 fully saturated rings. The Morgan fingerprint density at radius 2 is 2.45 bits per heavy atom. The lowest BCUT2D eigenvalue weighted by molar-refractivity contribution is 0.655. The average Bonchev–Trinajstić information content (AvgIpc) is 2.05. The largest absolute Gasteiger partial charge is 0.207 e. The molecular weight excluding hydrogens is 139 g/mol. The summed E-state index contributed by atoms with van der Waals surface area (Å²) in [6.45, 7) is 6.88. The molecule has 0 aromatic rings. The van der Waals surface area contributed by atoms with Gasteiger partial charge in [0.2, 0.25) is 0 Å². The van der Waals surface area contributed by atoms with Gasteiger partial charge in [-0.25, -0.2) is 4.39 Å². The van der Waals surface area contributed by atoms with Crippen molar-refractivity contribution in [1.82, 2.24) is 0 Å². The molecule has 0 amide bonds. The lowest BCUT2D eigenvalue weighted by Crippen LogP contribution is -1.95. The molecule has 0 aromatic heterocycles. The molecular formula is C10H11F. The highest BCUT2D eigenvalue weighted by atomic mass is 19.1. The minimum absolute atomic E-state index is 0.358. The average molecular weight is 150 g/mol. The summed E-state index contributed by atoms with van der Waals surface area (Å²) < 4.78 is 12.5. The highest BCUT2D eigenvalue weighted by Gasteiger charge is 2.06. The molecule has 0 nitrogen and oxygen atoms in total. The van der Waals surface area contributed by atoms with E-state index in [-0.39, 0.29) is 5.83 Å². The molecule has 0 radical (unpaired) electrons.